The van der Waals surface area contributed by atoms with Crippen LogP contribution in [0.15, 0.2) is 0 Å². The Morgan fingerprint density at radius 3 is 2.76 bits per heavy atom. The molecule has 0 bridgehead atoms. The summed E-state index contributed by atoms with van der Waals surface area (Å²) in [6.07, 6.45) is 2.93. The molecule has 17 heavy (non-hydrogen) atoms. The zero-order chi connectivity index (χ0) is 12.9. The molecule has 2 unspecified atom stereocenters. The van der Waals surface area contributed by atoms with Crippen molar-refractivity contribution in [1.29, 1.82) is 0 Å². The van der Waals surface area contributed by atoms with E-state index < -0.39 is 0 Å². The van der Waals surface area contributed by atoms with Crippen LogP contribution in [-0.4, -0.2) is 50.3 Å². The van der Waals surface area contributed by atoms with Crippen molar-refractivity contribution in [3.05, 3.63) is 0 Å². The normalized spacial score (nSPS) is 24.9. The van der Waals surface area contributed by atoms with E-state index in [-0.39, 0.29) is 0 Å². The SMILES string of the molecule is CCNC(C)C(C)(C)CN1CCCC(OC)C1. The van der Waals surface area contributed by atoms with Crippen LogP contribution in [0.25, 0.3) is 0 Å². The third kappa shape index (κ3) is 4.57. The highest BCUT2D eigenvalue weighted by Gasteiger charge is 2.30. The number of likely N-dealkylation sites (tertiary alicyclic amines) is 1. The van der Waals surface area contributed by atoms with Crippen LogP contribution in [0.5, 0.6) is 0 Å². The van der Waals surface area contributed by atoms with Crippen LogP contribution in [0, 0.1) is 5.41 Å². The number of methoxy groups -OCH3 is 1. The van der Waals surface area contributed by atoms with E-state index in [2.05, 4.69) is 37.9 Å². The summed E-state index contributed by atoms with van der Waals surface area (Å²) in [5, 5.41) is 3.54. The van der Waals surface area contributed by atoms with Crippen molar-refractivity contribution in [2.24, 2.45) is 5.41 Å². The summed E-state index contributed by atoms with van der Waals surface area (Å²) in [6.45, 7) is 13.7. The molecule has 3 nitrogen and oxygen atoms in total. The van der Waals surface area contributed by atoms with Crippen LogP contribution in [0.4, 0.5) is 0 Å². The number of piperidine rings is 1. The van der Waals surface area contributed by atoms with Gasteiger partial charge in [-0.25, -0.2) is 0 Å². The minimum absolute atomic E-state index is 0.311. The fraction of sp³-hybridized carbons (Fsp3) is 1.00. The topological polar surface area (TPSA) is 24.5 Å². The minimum Gasteiger partial charge on any atom is -0.380 e. The lowest BCUT2D eigenvalue weighted by Crippen LogP contribution is -2.50. The number of ether oxygens (including phenoxy) is 1. The molecule has 0 saturated carbocycles. The average molecular weight is 242 g/mol. The van der Waals surface area contributed by atoms with Crippen molar-refractivity contribution in [3.8, 4) is 0 Å². The maximum Gasteiger partial charge on any atom is 0.0698 e. The molecule has 0 radical (unpaired) electrons. The van der Waals surface area contributed by atoms with Gasteiger partial charge in [0.15, 0.2) is 0 Å². The van der Waals surface area contributed by atoms with Gasteiger partial charge < -0.3 is 15.0 Å². The smallest absolute Gasteiger partial charge is 0.0698 e. The predicted molar refractivity (Wildman–Crippen MR) is 73.4 cm³/mol. The molecule has 1 saturated heterocycles. The summed E-state index contributed by atoms with van der Waals surface area (Å²) < 4.78 is 5.49. The molecule has 1 aliphatic heterocycles. The summed E-state index contributed by atoms with van der Waals surface area (Å²) in [5.74, 6) is 0. The number of nitrogens with zero attached hydrogens (tertiary/aromatic N) is 1. The van der Waals surface area contributed by atoms with E-state index in [9.17, 15) is 0 Å². The Hall–Kier alpha value is -0.120. The van der Waals surface area contributed by atoms with E-state index in [1.807, 2.05) is 7.11 Å². The fourth-order valence-electron chi connectivity index (χ4n) is 2.64. The highest BCUT2D eigenvalue weighted by Crippen LogP contribution is 2.24. The van der Waals surface area contributed by atoms with Gasteiger partial charge in [-0.3, -0.25) is 0 Å². The van der Waals surface area contributed by atoms with Gasteiger partial charge in [-0.15, -0.1) is 0 Å². The molecule has 0 aromatic rings. The molecule has 3 heteroatoms. The molecule has 2 atom stereocenters. The molecular weight excluding hydrogens is 212 g/mol. The first-order valence-electron chi connectivity index (χ1n) is 6.98. The van der Waals surface area contributed by atoms with Crippen molar-refractivity contribution >= 4 is 0 Å². The Balaban J connectivity index is 2.45. The van der Waals surface area contributed by atoms with Crippen LogP contribution >= 0.6 is 0 Å². The summed E-state index contributed by atoms with van der Waals surface area (Å²) in [4.78, 5) is 2.56. The van der Waals surface area contributed by atoms with E-state index in [0.29, 0.717) is 17.6 Å². The second-order valence-corrected chi connectivity index (χ2v) is 6.00. The van der Waals surface area contributed by atoms with E-state index in [1.54, 1.807) is 0 Å². The standard InChI is InChI=1S/C14H30N2O/c1-6-15-12(2)14(3,4)11-16-9-7-8-13(10-16)17-5/h12-13,15H,6-11H2,1-5H3. The maximum absolute atomic E-state index is 5.49. The van der Waals surface area contributed by atoms with Gasteiger partial charge in [0, 0.05) is 26.2 Å². The lowest BCUT2D eigenvalue weighted by Gasteiger charge is -2.40. The Labute approximate surface area is 107 Å². The molecule has 0 spiro atoms. The third-order valence-corrected chi connectivity index (χ3v) is 4.11. The van der Waals surface area contributed by atoms with E-state index in [0.717, 1.165) is 19.6 Å². The highest BCUT2D eigenvalue weighted by atomic mass is 16.5. The van der Waals surface area contributed by atoms with Gasteiger partial charge in [-0.2, -0.15) is 0 Å². The van der Waals surface area contributed by atoms with Gasteiger partial charge in [-0.1, -0.05) is 20.8 Å². The maximum atomic E-state index is 5.49. The molecule has 102 valence electrons. The Bertz CT molecular complexity index is 218. The van der Waals surface area contributed by atoms with Gasteiger partial charge in [0.05, 0.1) is 6.10 Å². The summed E-state index contributed by atoms with van der Waals surface area (Å²) in [7, 11) is 1.83. The van der Waals surface area contributed by atoms with E-state index in [1.165, 1.54) is 19.4 Å². The first-order chi connectivity index (χ1) is 7.99. The number of hydrogen-bond donors (Lipinski definition) is 1. The predicted octanol–water partition coefficient (Wildman–Crippen LogP) is 2.12. The first kappa shape index (κ1) is 14.9. The van der Waals surface area contributed by atoms with Crippen LogP contribution in [0.1, 0.15) is 40.5 Å². The second kappa shape index (κ2) is 6.72. The Morgan fingerprint density at radius 2 is 2.18 bits per heavy atom. The van der Waals surface area contributed by atoms with Crippen LogP contribution < -0.4 is 5.32 Å². The lowest BCUT2D eigenvalue weighted by molar-refractivity contribution is 0.0142. The molecule has 1 fully saturated rings. The van der Waals surface area contributed by atoms with E-state index >= 15 is 0 Å². The zero-order valence-corrected chi connectivity index (χ0v) is 12.3. The van der Waals surface area contributed by atoms with Crippen LogP contribution in [0.3, 0.4) is 0 Å². The van der Waals surface area contributed by atoms with Crippen molar-refractivity contribution in [1.82, 2.24) is 10.2 Å². The quantitative estimate of drug-likeness (QED) is 0.772. The fourth-order valence-corrected chi connectivity index (χ4v) is 2.64. The summed E-state index contributed by atoms with van der Waals surface area (Å²) in [5.41, 5.74) is 0.311. The molecule has 1 N–H and O–H groups in total. The van der Waals surface area contributed by atoms with E-state index in [4.69, 9.17) is 4.74 Å². The molecule has 0 amide bonds. The minimum atomic E-state index is 0.311. The highest BCUT2D eigenvalue weighted by molar-refractivity contribution is 4.85. The summed E-state index contributed by atoms with van der Waals surface area (Å²) >= 11 is 0. The van der Waals surface area contributed by atoms with Crippen LogP contribution in [0.2, 0.25) is 0 Å². The van der Waals surface area contributed by atoms with Gasteiger partial charge in [-0.05, 0) is 38.3 Å². The zero-order valence-electron chi connectivity index (χ0n) is 12.3. The number of hydrogen-bond acceptors (Lipinski definition) is 3. The van der Waals surface area contributed by atoms with Crippen LogP contribution in [-0.2, 0) is 4.74 Å². The number of rotatable bonds is 6. The second-order valence-electron chi connectivity index (χ2n) is 6.00. The summed E-state index contributed by atoms with van der Waals surface area (Å²) in [6, 6.07) is 0.551. The Kier molecular flexibility index (Phi) is 5.90. The molecule has 1 rings (SSSR count). The van der Waals surface area contributed by atoms with Gasteiger partial charge in [0.2, 0.25) is 0 Å². The van der Waals surface area contributed by atoms with Crippen molar-refractivity contribution in [3.63, 3.8) is 0 Å². The average Bonchev–Trinajstić information content (AvgIpc) is 2.29. The molecule has 0 aromatic heterocycles. The first-order valence-corrected chi connectivity index (χ1v) is 6.98. The van der Waals surface area contributed by atoms with Gasteiger partial charge in [0.1, 0.15) is 0 Å². The Morgan fingerprint density at radius 1 is 1.47 bits per heavy atom. The van der Waals surface area contributed by atoms with Gasteiger partial charge in [0.25, 0.3) is 0 Å². The molecule has 0 aromatic carbocycles. The van der Waals surface area contributed by atoms with Crippen molar-refractivity contribution in [2.45, 2.75) is 52.7 Å². The van der Waals surface area contributed by atoms with Crippen molar-refractivity contribution < 1.29 is 4.74 Å². The monoisotopic (exact) mass is 242 g/mol. The van der Waals surface area contributed by atoms with Gasteiger partial charge >= 0.3 is 0 Å². The molecule has 1 aliphatic rings. The van der Waals surface area contributed by atoms with Crippen molar-refractivity contribution in [2.75, 3.05) is 33.3 Å². The molecule has 1 heterocycles. The third-order valence-electron chi connectivity index (χ3n) is 4.11. The molecular formula is C14H30N2O. The number of nitrogens with one attached hydrogen (secondary N) is 1. The largest absolute Gasteiger partial charge is 0.380 e. The molecule has 0 aliphatic carbocycles. The lowest BCUT2D eigenvalue weighted by atomic mass is 9.84.